The molecular formula is C13H22N4O2. The summed E-state index contributed by atoms with van der Waals surface area (Å²) in [6.07, 6.45) is 5.18. The Hall–Kier alpha value is -0.980. The predicted molar refractivity (Wildman–Crippen MR) is 69.6 cm³/mol. The van der Waals surface area contributed by atoms with E-state index in [0.29, 0.717) is 13.2 Å². The molecule has 3 rings (SSSR count). The van der Waals surface area contributed by atoms with Gasteiger partial charge in [-0.25, -0.2) is 0 Å². The van der Waals surface area contributed by atoms with Crippen LogP contribution in [0.5, 0.6) is 0 Å². The van der Waals surface area contributed by atoms with Crippen LogP contribution in [0.1, 0.15) is 37.3 Å². The summed E-state index contributed by atoms with van der Waals surface area (Å²) in [7, 11) is 0. The van der Waals surface area contributed by atoms with E-state index in [1.807, 2.05) is 0 Å². The third-order valence-electron chi connectivity index (χ3n) is 4.22. The second-order valence-electron chi connectivity index (χ2n) is 5.43. The SMILES string of the molecule is NCC1(OCc2nnc3n2CCCC3)CCOCC1. The third kappa shape index (κ3) is 2.66. The fourth-order valence-electron chi connectivity index (χ4n) is 2.84. The molecule has 19 heavy (non-hydrogen) atoms. The first-order chi connectivity index (χ1) is 9.33. The highest BCUT2D eigenvalue weighted by molar-refractivity contribution is 4.98. The van der Waals surface area contributed by atoms with E-state index in [2.05, 4.69) is 14.8 Å². The molecule has 0 bridgehead atoms. The molecule has 106 valence electrons. The first kappa shape index (κ1) is 13.0. The van der Waals surface area contributed by atoms with Gasteiger partial charge in [-0.15, -0.1) is 10.2 Å². The maximum Gasteiger partial charge on any atom is 0.159 e. The maximum atomic E-state index is 6.10. The predicted octanol–water partition coefficient (Wildman–Crippen LogP) is 0.639. The lowest BCUT2D eigenvalue weighted by atomic mass is 9.94. The molecule has 6 nitrogen and oxygen atoms in total. The Morgan fingerprint density at radius 1 is 1.26 bits per heavy atom. The lowest BCUT2D eigenvalue weighted by Gasteiger charge is -2.35. The van der Waals surface area contributed by atoms with Crippen molar-refractivity contribution in [3.05, 3.63) is 11.6 Å². The molecule has 2 aliphatic rings. The number of ether oxygens (including phenoxy) is 2. The molecule has 0 unspecified atom stereocenters. The average molecular weight is 266 g/mol. The number of aryl methyl sites for hydroxylation is 1. The lowest BCUT2D eigenvalue weighted by Crippen LogP contribution is -2.45. The molecule has 1 fully saturated rings. The van der Waals surface area contributed by atoms with Crippen LogP contribution in [0, 0.1) is 0 Å². The van der Waals surface area contributed by atoms with Crippen LogP contribution < -0.4 is 5.73 Å². The Morgan fingerprint density at radius 2 is 2.11 bits per heavy atom. The maximum absolute atomic E-state index is 6.10. The zero-order valence-corrected chi connectivity index (χ0v) is 11.3. The van der Waals surface area contributed by atoms with Crippen LogP contribution in [-0.4, -0.2) is 40.1 Å². The highest BCUT2D eigenvalue weighted by atomic mass is 16.5. The summed E-state index contributed by atoms with van der Waals surface area (Å²) in [5.74, 6) is 2.03. The van der Waals surface area contributed by atoms with E-state index in [1.165, 1.54) is 12.8 Å². The molecule has 2 N–H and O–H groups in total. The number of nitrogens with two attached hydrogens (primary N) is 1. The molecule has 0 amide bonds. The first-order valence-corrected chi connectivity index (χ1v) is 7.16. The Balaban J connectivity index is 1.66. The molecule has 0 saturated carbocycles. The Bertz CT molecular complexity index is 426. The van der Waals surface area contributed by atoms with Gasteiger partial charge in [-0.2, -0.15) is 0 Å². The van der Waals surface area contributed by atoms with Crippen LogP contribution in [0.25, 0.3) is 0 Å². The minimum Gasteiger partial charge on any atom is -0.381 e. The standard InChI is InChI=1S/C13H22N4O2/c14-10-13(4-7-18-8-5-13)19-9-12-16-15-11-3-1-2-6-17(11)12/h1-10,14H2. The second kappa shape index (κ2) is 5.56. The van der Waals surface area contributed by atoms with Crippen molar-refractivity contribution in [2.45, 2.75) is 50.9 Å². The van der Waals surface area contributed by atoms with Gasteiger partial charge in [-0.05, 0) is 12.8 Å². The van der Waals surface area contributed by atoms with E-state index in [4.69, 9.17) is 15.2 Å². The monoisotopic (exact) mass is 266 g/mol. The van der Waals surface area contributed by atoms with Gasteiger partial charge < -0.3 is 19.8 Å². The van der Waals surface area contributed by atoms with Gasteiger partial charge in [0.15, 0.2) is 5.82 Å². The minimum absolute atomic E-state index is 0.237. The minimum atomic E-state index is -0.237. The van der Waals surface area contributed by atoms with Crippen molar-refractivity contribution in [3.8, 4) is 0 Å². The van der Waals surface area contributed by atoms with Crippen LogP contribution in [0.15, 0.2) is 0 Å². The second-order valence-corrected chi connectivity index (χ2v) is 5.43. The van der Waals surface area contributed by atoms with Crippen LogP contribution in [0.2, 0.25) is 0 Å². The molecule has 0 radical (unpaired) electrons. The Kier molecular flexibility index (Phi) is 3.81. The molecule has 0 aromatic carbocycles. The lowest BCUT2D eigenvalue weighted by molar-refractivity contribution is -0.114. The Morgan fingerprint density at radius 3 is 2.89 bits per heavy atom. The van der Waals surface area contributed by atoms with E-state index >= 15 is 0 Å². The third-order valence-corrected chi connectivity index (χ3v) is 4.22. The highest BCUT2D eigenvalue weighted by Gasteiger charge is 2.32. The topological polar surface area (TPSA) is 75.2 Å². The van der Waals surface area contributed by atoms with Crippen molar-refractivity contribution in [2.24, 2.45) is 5.73 Å². The van der Waals surface area contributed by atoms with Gasteiger partial charge in [0, 0.05) is 45.6 Å². The van der Waals surface area contributed by atoms with E-state index in [9.17, 15) is 0 Å². The summed E-state index contributed by atoms with van der Waals surface area (Å²) in [5.41, 5.74) is 5.66. The van der Waals surface area contributed by atoms with Crippen molar-refractivity contribution in [3.63, 3.8) is 0 Å². The number of rotatable bonds is 4. The van der Waals surface area contributed by atoms with Gasteiger partial charge in [-0.3, -0.25) is 0 Å². The van der Waals surface area contributed by atoms with Crippen LogP contribution >= 0.6 is 0 Å². The van der Waals surface area contributed by atoms with Gasteiger partial charge >= 0.3 is 0 Å². The molecule has 3 heterocycles. The van der Waals surface area contributed by atoms with Crippen molar-refractivity contribution >= 4 is 0 Å². The van der Waals surface area contributed by atoms with Crippen molar-refractivity contribution in [1.29, 1.82) is 0 Å². The number of fused-ring (bicyclic) bond motifs is 1. The number of nitrogens with zero attached hydrogens (tertiary/aromatic N) is 3. The van der Waals surface area contributed by atoms with Gasteiger partial charge in [0.1, 0.15) is 12.4 Å². The summed E-state index contributed by atoms with van der Waals surface area (Å²) in [6, 6.07) is 0. The van der Waals surface area contributed by atoms with Crippen LogP contribution in [-0.2, 0) is 29.0 Å². The summed E-state index contributed by atoms with van der Waals surface area (Å²) in [4.78, 5) is 0. The zero-order chi connectivity index (χ0) is 13.1. The molecule has 1 saturated heterocycles. The summed E-state index contributed by atoms with van der Waals surface area (Å²) < 4.78 is 13.7. The average Bonchev–Trinajstić information content (AvgIpc) is 2.89. The van der Waals surface area contributed by atoms with Gasteiger partial charge in [0.25, 0.3) is 0 Å². The smallest absolute Gasteiger partial charge is 0.159 e. The molecular weight excluding hydrogens is 244 g/mol. The van der Waals surface area contributed by atoms with Gasteiger partial charge in [0.2, 0.25) is 0 Å². The van der Waals surface area contributed by atoms with Crippen LogP contribution in [0.4, 0.5) is 0 Å². The molecule has 6 heteroatoms. The van der Waals surface area contributed by atoms with Crippen molar-refractivity contribution < 1.29 is 9.47 Å². The Labute approximate surface area is 113 Å². The van der Waals surface area contributed by atoms with Crippen molar-refractivity contribution in [1.82, 2.24) is 14.8 Å². The summed E-state index contributed by atoms with van der Waals surface area (Å²) >= 11 is 0. The van der Waals surface area contributed by atoms with E-state index < -0.39 is 0 Å². The molecule has 2 aliphatic heterocycles. The molecule has 0 atom stereocenters. The number of hydrogen-bond donors (Lipinski definition) is 1. The fourth-order valence-corrected chi connectivity index (χ4v) is 2.84. The van der Waals surface area contributed by atoms with Crippen LogP contribution in [0.3, 0.4) is 0 Å². The molecule has 1 aromatic rings. The van der Waals surface area contributed by atoms with Gasteiger partial charge in [0.05, 0.1) is 5.60 Å². The number of hydrogen-bond acceptors (Lipinski definition) is 5. The first-order valence-electron chi connectivity index (χ1n) is 7.16. The van der Waals surface area contributed by atoms with E-state index in [1.54, 1.807) is 0 Å². The quantitative estimate of drug-likeness (QED) is 0.865. The molecule has 1 aromatic heterocycles. The van der Waals surface area contributed by atoms with E-state index in [0.717, 1.165) is 50.7 Å². The van der Waals surface area contributed by atoms with E-state index in [-0.39, 0.29) is 5.60 Å². The normalized spacial score (nSPS) is 22.2. The fraction of sp³-hybridized carbons (Fsp3) is 0.846. The zero-order valence-electron chi connectivity index (χ0n) is 11.3. The molecule has 0 spiro atoms. The highest BCUT2D eigenvalue weighted by Crippen LogP contribution is 2.25. The van der Waals surface area contributed by atoms with Gasteiger partial charge in [-0.1, -0.05) is 0 Å². The summed E-state index contributed by atoms with van der Waals surface area (Å²) in [6.45, 7) is 3.52. The summed E-state index contributed by atoms with van der Waals surface area (Å²) in [5, 5.41) is 8.51. The van der Waals surface area contributed by atoms with Crippen molar-refractivity contribution in [2.75, 3.05) is 19.8 Å². The molecule has 0 aliphatic carbocycles. The largest absolute Gasteiger partial charge is 0.381 e. The number of aromatic nitrogens is 3.